The molecule has 7 heteroatoms. The highest BCUT2D eigenvalue weighted by molar-refractivity contribution is 6.36. The molecule has 0 radical (unpaired) electrons. The number of carbonyl (C=O) groups is 1. The first-order valence-corrected chi connectivity index (χ1v) is 7.98. The van der Waals surface area contributed by atoms with Gasteiger partial charge in [-0.05, 0) is 43.2 Å². The lowest BCUT2D eigenvalue weighted by Gasteiger charge is -2.11. The van der Waals surface area contributed by atoms with E-state index >= 15 is 0 Å². The predicted molar refractivity (Wildman–Crippen MR) is 91.6 cm³/mol. The Balaban J connectivity index is 1.63. The average molecular weight is 352 g/mol. The van der Waals surface area contributed by atoms with Crippen LogP contribution >= 0.6 is 23.2 Å². The van der Waals surface area contributed by atoms with E-state index in [1.165, 1.54) is 0 Å². The van der Waals surface area contributed by atoms with Gasteiger partial charge in [-0.25, -0.2) is 4.98 Å². The average Bonchev–Trinajstić information content (AvgIpc) is 3.06. The van der Waals surface area contributed by atoms with Crippen molar-refractivity contribution in [1.82, 2.24) is 4.98 Å². The fourth-order valence-electron chi connectivity index (χ4n) is 2.28. The van der Waals surface area contributed by atoms with Crippen LogP contribution in [0.5, 0.6) is 0 Å². The minimum absolute atomic E-state index is 0.156. The molecule has 0 spiro atoms. The molecule has 3 rings (SSSR count). The Morgan fingerprint density at radius 3 is 2.78 bits per heavy atom. The molecule has 0 saturated carbocycles. The van der Waals surface area contributed by atoms with Crippen molar-refractivity contribution >= 4 is 46.3 Å². The Labute approximate surface area is 144 Å². The Morgan fingerprint density at radius 2 is 2.13 bits per heavy atom. The van der Waals surface area contributed by atoms with Crippen molar-refractivity contribution in [2.24, 2.45) is 0 Å². The second-order valence-electron chi connectivity index (χ2n) is 5.17. The van der Waals surface area contributed by atoms with E-state index in [1.54, 1.807) is 30.5 Å². The number of ether oxygens (including phenoxy) is 1. The smallest absolute Gasteiger partial charge is 0.254 e. The van der Waals surface area contributed by atoms with E-state index in [9.17, 15) is 4.79 Å². The first-order chi connectivity index (χ1) is 11.1. The van der Waals surface area contributed by atoms with Gasteiger partial charge in [0.1, 0.15) is 11.9 Å². The van der Waals surface area contributed by atoms with Crippen LogP contribution in [-0.2, 0) is 9.53 Å². The van der Waals surface area contributed by atoms with Gasteiger partial charge in [-0.15, -0.1) is 0 Å². The Kier molecular flexibility index (Phi) is 5.00. The fourth-order valence-corrected chi connectivity index (χ4v) is 2.73. The lowest BCUT2D eigenvalue weighted by atomic mass is 10.2. The number of pyridine rings is 1. The zero-order chi connectivity index (χ0) is 16.2. The number of hydrogen-bond donors (Lipinski definition) is 2. The van der Waals surface area contributed by atoms with Gasteiger partial charge >= 0.3 is 0 Å². The molecule has 1 aliphatic rings. The van der Waals surface area contributed by atoms with Crippen LogP contribution in [0.1, 0.15) is 12.8 Å². The molecule has 120 valence electrons. The lowest BCUT2D eigenvalue weighted by molar-refractivity contribution is -0.124. The summed E-state index contributed by atoms with van der Waals surface area (Å²) in [5.41, 5.74) is 1.48. The zero-order valence-electron chi connectivity index (χ0n) is 12.2. The number of rotatable bonds is 4. The molecule has 1 aliphatic heterocycles. The molecule has 23 heavy (non-hydrogen) atoms. The van der Waals surface area contributed by atoms with Crippen molar-refractivity contribution in [3.05, 3.63) is 46.6 Å². The normalized spacial score (nSPS) is 17.0. The number of hydrogen-bond acceptors (Lipinski definition) is 4. The summed E-state index contributed by atoms with van der Waals surface area (Å²) >= 11 is 12.0. The van der Waals surface area contributed by atoms with Gasteiger partial charge in [-0.1, -0.05) is 23.2 Å². The molecule has 0 aliphatic carbocycles. The molecule has 1 atom stereocenters. The van der Waals surface area contributed by atoms with Crippen LogP contribution in [-0.4, -0.2) is 23.6 Å². The summed E-state index contributed by atoms with van der Waals surface area (Å²) < 4.78 is 5.33. The van der Waals surface area contributed by atoms with Crippen molar-refractivity contribution < 1.29 is 9.53 Å². The molecule has 0 bridgehead atoms. The Morgan fingerprint density at radius 1 is 1.26 bits per heavy atom. The van der Waals surface area contributed by atoms with Crippen molar-refractivity contribution in [3.63, 3.8) is 0 Å². The minimum Gasteiger partial charge on any atom is -0.368 e. The first-order valence-electron chi connectivity index (χ1n) is 7.22. The summed E-state index contributed by atoms with van der Waals surface area (Å²) in [5, 5.41) is 6.99. The van der Waals surface area contributed by atoms with E-state index in [0.717, 1.165) is 24.2 Å². The summed E-state index contributed by atoms with van der Waals surface area (Å²) in [6.07, 6.45) is 2.91. The molecule has 1 aromatic carbocycles. The van der Waals surface area contributed by atoms with Crippen molar-refractivity contribution in [2.75, 3.05) is 17.2 Å². The molecule has 1 fully saturated rings. The van der Waals surface area contributed by atoms with Gasteiger partial charge in [0.15, 0.2) is 0 Å². The second-order valence-corrected chi connectivity index (χ2v) is 6.02. The molecule has 1 amide bonds. The number of nitrogens with zero attached hydrogens (tertiary/aromatic N) is 1. The van der Waals surface area contributed by atoms with E-state index < -0.39 is 0 Å². The van der Waals surface area contributed by atoms with Gasteiger partial charge in [0.25, 0.3) is 5.91 Å². The topological polar surface area (TPSA) is 63.2 Å². The maximum Gasteiger partial charge on any atom is 0.254 e. The third-order valence-electron chi connectivity index (χ3n) is 3.45. The summed E-state index contributed by atoms with van der Waals surface area (Å²) in [4.78, 5) is 16.2. The molecular formula is C16H15Cl2N3O2. The van der Waals surface area contributed by atoms with Crippen molar-refractivity contribution in [1.29, 1.82) is 0 Å². The Hall–Kier alpha value is -1.82. The fraction of sp³-hybridized carbons (Fsp3) is 0.250. The third-order valence-corrected chi connectivity index (χ3v) is 3.99. The van der Waals surface area contributed by atoms with E-state index in [-0.39, 0.29) is 12.0 Å². The number of carbonyl (C=O) groups excluding carboxylic acids is 1. The quantitative estimate of drug-likeness (QED) is 0.864. The highest BCUT2D eigenvalue weighted by Crippen LogP contribution is 2.28. The number of benzene rings is 1. The standard InChI is InChI=1S/C16H15Cl2N3O2/c17-10-3-5-13(12(18)8-10)20-11-4-6-15(19-9-11)21-16(22)14-2-1-7-23-14/h3-6,8-9,14,20H,1-2,7H2,(H,19,21,22). The number of nitrogens with one attached hydrogen (secondary N) is 2. The van der Waals surface area contributed by atoms with Gasteiger partial charge in [-0.3, -0.25) is 4.79 Å². The zero-order valence-corrected chi connectivity index (χ0v) is 13.7. The molecular weight excluding hydrogens is 337 g/mol. The molecule has 5 nitrogen and oxygen atoms in total. The van der Waals surface area contributed by atoms with Crippen LogP contribution in [0.3, 0.4) is 0 Å². The number of halogens is 2. The highest BCUT2D eigenvalue weighted by atomic mass is 35.5. The van der Waals surface area contributed by atoms with Crippen LogP contribution in [0, 0.1) is 0 Å². The minimum atomic E-state index is -0.373. The summed E-state index contributed by atoms with van der Waals surface area (Å²) in [6, 6.07) is 8.73. The number of anilines is 3. The lowest BCUT2D eigenvalue weighted by Crippen LogP contribution is -2.27. The van der Waals surface area contributed by atoms with E-state index in [0.29, 0.717) is 22.5 Å². The maximum absolute atomic E-state index is 11.9. The number of aromatic nitrogens is 1. The van der Waals surface area contributed by atoms with Crippen LogP contribution in [0.15, 0.2) is 36.5 Å². The van der Waals surface area contributed by atoms with Crippen LogP contribution in [0.4, 0.5) is 17.2 Å². The van der Waals surface area contributed by atoms with Gasteiger partial charge in [0.05, 0.1) is 22.6 Å². The van der Waals surface area contributed by atoms with Gasteiger partial charge in [0.2, 0.25) is 0 Å². The molecule has 1 unspecified atom stereocenters. The van der Waals surface area contributed by atoms with E-state index in [1.807, 2.05) is 6.07 Å². The monoisotopic (exact) mass is 351 g/mol. The molecule has 2 N–H and O–H groups in total. The van der Waals surface area contributed by atoms with Gasteiger partial charge < -0.3 is 15.4 Å². The van der Waals surface area contributed by atoms with Crippen LogP contribution in [0.25, 0.3) is 0 Å². The largest absolute Gasteiger partial charge is 0.368 e. The summed E-state index contributed by atoms with van der Waals surface area (Å²) in [6.45, 7) is 0.635. The summed E-state index contributed by atoms with van der Waals surface area (Å²) in [7, 11) is 0. The van der Waals surface area contributed by atoms with Gasteiger partial charge in [0, 0.05) is 11.6 Å². The molecule has 2 heterocycles. The predicted octanol–water partition coefficient (Wildman–Crippen LogP) is 4.25. The Bertz CT molecular complexity index is 701. The molecule has 1 aromatic heterocycles. The SMILES string of the molecule is O=C(Nc1ccc(Nc2ccc(Cl)cc2Cl)cn1)C1CCCO1. The van der Waals surface area contributed by atoms with Crippen LogP contribution in [0.2, 0.25) is 10.0 Å². The molecule has 2 aromatic rings. The first kappa shape index (κ1) is 16.1. The van der Waals surface area contributed by atoms with Crippen LogP contribution < -0.4 is 10.6 Å². The molecule has 1 saturated heterocycles. The number of amides is 1. The summed E-state index contributed by atoms with van der Waals surface area (Å²) in [5.74, 6) is 0.328. The van der Waals surface area contributed by atoms with E-state index in [2.05, 4.69) is 15.6 Å². The third kappa shape index (κ3) is 4.13. The van der Waals surface area contributed by atoms with Crippen molar-refractivity contribution in [2.45, 2.75) is 18.9 Å². The highest BCUT2D eigenvalue weighted by Gasteiger charge is 2.23. The van der Waals surface area contributed by atoms with Gasteiger partial charge in [-0.2, -0.15) is 0 Å². The van der Waals surface area contributed by atoms with E-state index in [4.69, 9.17) is 27.9 Å². The second kappa shape index (κ2) is 7.17. The maximum atomic E-state index is 11.9. The van der Waals surface area contributed by atoms with Crippen molar-refractivity contribution in [3.8, 4) is 0 Å².